The summed E-state index contributed by atoms with van der Waals surface area (Å²) < 4.78 is 23.3. The van der Waals surface area contributed by atoms with E-state index in [1.54, 1.807) is 12.1 Å². The molecule has 0 atom stereocenters. The quantitative estimate of drug-likeness (QED) is 0.889. The highest BCUT2D eigenvalue weighted by Crippen LogP contribution is 2.38. The topological polar surface area (TPSA) is 80.4 Å². The summed E-state index contributed by atoms with van der Waals surface area (Å²) in [6.45, 7) is 2.18. The van der Waals surface area contributed by atoms with E-state index in [9.17, 15) is 8.42 Å². The number of benzene rings is 1. The van der Waals surface area contributed by atoms with Crippen molar-refractivity contribution in [3.8, 4) is 0 Å². The number of aliphatic hydroxyl groups is 1. The molecule has 1 aromatic rings. The van der Waals surface area contributed by atoms with E-state index in [4.69, 9.17) is 10.2 Å². The van der Waals surface area contributed by atoms with Gasteiger partial charge in [-0.3, -0.25) is 0 Å². The van der Waals surface area contributed by atoms with Crippen LogP contribution in [0.15, 0.2) is 23.1 Å². The van der Waals surface area contributed by atoms with Crippen molar-refractivity contribution in [2.45, 2.75) is 43.4 Å². The first-order chi connectivity index (χ1) is 8.91. The van der Waals surface area contributed by atoms with Crippen LogP contribution in [0, 0.1) is 12.8 Å². The lowest BCUT2D eigenvalue weighted by atomic mass is 9.79. The van der Waals surface area contributed by atoms with E-state index in [2.05, 4.69) is 0 Å². The van der Waals surface area contributed by atoms with E-state index in [0.717, 1.165) is 36.8 Å². The lowest BCUT2D eigenvalue weighted by Crippen LogP contribution is -2.20. The number of aryl methyl sites for hydroxylation is 1. The van der Waals surface area contributed by atoms with Crippen molar-refractivity contribution in [1.29, 1.82) is 0 Å². The summed E-state index contributed by atoms with van der Waals surface area (Å²) in [7, 11) is -3.67. The monoisotopic (exact) mass is 283 g/mol. The molecule has 3 N–H and O–H groups in total. The van der Waals surface area contributed by atoms with Crippen LogP contribution in [0.5, 0.6) is 0 Å². The molecule has 19 heavy (non-hydrogen) atoms. The Balaban J connectivity index is 2.32. The maximum absolute atomic E-state index is 11.7. The Bertz CT molecular complexity index is 546. The third kappa shape index (κ3) is 3.35. The van der Waals surface area contributed by atoms with Crippen LogP contribution >= 0.6 is 0 Å². The second-order valence-electron chi connectivity index (χ2n) is 5.49. The summed E-state index contributed by atoms with van der Waals surface area (Å²) in [5.74, 6) is 0.593. The van der Waals surface area contributed by atoms with Crippen LogP contribution in [-0.4, -0.2) is 20.1 Å². The molecule has 0 saturated heterocycles. The van der Waals surface area contributed by atoms with Gasteiger partial charge < -0.3 is 5.11 Å². The largest absolute Gasteiger partial charge is 0.396 e. The van der Waals surface area contributed by atoms with Crippen molar-refractivity contribution in [2.75, 3.05) is 6.61 Å². The zero-order chi connectivity index (χ0) is 14.0. The predicted molar refractivity (Wildman–Crippen MR) is 74.3 cm³/mol. The van der Waals surface area contributed by atoms with Gasteiger partial charge in [-0.2, -0.15) is 0 Å². The molecule has 1 aliphatic carbocycles. The van der Waals surface area contributed by atoms with Crippen molar-refractivity contribution >= 4 is 10.0 Å². The molecule has 5 heteroatoms. The fraction of sp³-hybridized carbons (Fsp3) is 0.571. The number of hydrogen-bond donors (Lipinski definition) is 2. The van der Waals surface area contributed by atoms with Gasteiger partial charge in [0.05, 0.1) is 4.90 Å². The Hall–Kier alpha value is -0.910. The zero-order valence-electron chi connectivity index (χ0n) is 11.2. The average Bonchev–Trinajstić information content (AvgIpc) is 2.37. The molecule has 1 aromatic carbocycles. The third-order valence-corrected chi connectivity index (χ3v) is 5.00. The SMILES string of the molecule is Cc1ccc(S(N)(=O)=O)c(C2CCC(CO)CC2)c1. The lowest BCUT2D eigenvalue weighted by molar-refractivity contribution is 0.182. The van der Waals surface area contributed by atoms with Crippen molar-refractivity contribution < 1.29 is 13.5 Å². The molecule has 0 radical (unpaired) electrons. The minimum atomic E-state index is -3.67. The van der Waals surface area contributed by atoms with Crippen LogP contribution < -0.4 is 5.14 Å². The number of hydrogen-bond acceptors (Lipinski definition) is 3. The molecule has 1 fully saturated rings. The molecule has 2 rings (SSSR count). The van der Waals surface area contributed by atoms with E-state index < -0.39 is 10.0 Å². The first kappa shape index (κ1) is 14.5. The number of rotatable bonds is 3. The molecule has 0 spiro atoms. The summed E-state index contributed by atoms with van der Waals surface area (Å²) in [4.78, 5) is 0.255. The highest BCUT2D eigenvalue weighted by molar-refractivity contribution is 7.89. The summed E-state index contributed by atoms with van der Waals surface area (Å²) >= 11 is 0. The Kier molecular flexibility index (Phi) is 4.28. The highest BCUT2D eigenvalue weighted by atomic mass is 32.2. The molecular weight excluding hydrogens is 262 g/mol. The van der Waals surface area contributed by atoms with Crippen molar-refractivity contribution in [3.63, 3.8) is 0 Å². The normalized spacial score (nSPS) is 24.4. The molecule has 0 aliphatic heterocycles. The molecule has 1 saturated carbocycles. The molecule has 0 aromatic heterocycles. The van der Waals surface area contributed by atoms with Gasteiger partial charge in [0.25, 0.3) is 0 Å². The molecule has 0 amide bonds. The number of aliphatic hydroxyl groups excluding tert-OH is 1. The van der Waals surface area contributed by atoms with Crippen LogP contribution in [0.3, 0.4) is 0 Å². The molecule has 0 unspecified atom stereocenters. The fourth-order valence-corrected chi connectivity index (χ4v) is 3.71. The van der Waals surface area contributed by atoms with E-state index >= 15 is 0 Å². The van der Waals surface area contributed by atoms with E-state index in [1.807, 2.05) is 13.0 Å². The van der Waals surface area contributed by atoms with Gasteiger partial charge in [-0.15, -0.1) is 0 Å². The van der Waals surface area contributed by atoms with E-state index in [0.29, 0.717) is 5.92 Å². The lowest BCUT2D eigenvalue weighted by Gasteiger charge is -2.28. The van der Waals surface area contributed by atoms with Gasteiger partial charge in [0, 0.05) is 6.61 Å². The smallest absolute Gasteiger partial charge is 0.238 e. The molecule has 4 nitrogen and oxygen atoms in total. The van der Waals surface area contributed by atoms with Crippen molar-refractivity contribution in [1.82, 2.24) is 0 Å². The van der Waals surface area contributed by atoms with Crippen LogP contribution in [0.4, 0.5) is 0 Å². The molecule has 0 heterocycles. The summed E-state index contributed by atoms with van der Waals surface area (Å²) in [5, 5.41) is 14.5. The minimum Gasteiger partial charge on any atom is -0.396 e. The Morgan fingerprint density at radius 3 is 2.42 bits per heavy atom. The zero-order valence-corrected chi connectivity index (χ0v) is 12.0. The number of sulfonamides is 1. The van der Waals surface area contributed by atoms with Gasteiger partial charge in [0.1, 0.15) is 0 Å². The maximum atomic E-state index is 11.7. The van der Waals surface area contributed by atoms with Crippen LogP contribution in [-0.2, 0) is 10.0 Å². The first-order valence-corrected chi connectivity index (χ1v) is 8.20. The minimum absolute atomic E-state index is 0.225. The van der Waals surface area contributed by atoms with E-state index in [-0.39, 0.29) is 17.4 Å². The Morgan fingerprint density at radius 2 is 1.89 bits per heavy atom. The molecule has 106 valence electrons. The predicted octanol–water partition coefficient (Wildman–Crippen LogP) is 1.91. The third-order valence-electron chi connectivity index (χ3n) is 4.02. The van der Waals surface area contributed by atoms with E-state index in [1.165, 1.54) is 0 Å². The maximum Gasteiger partial charge on any atom is 0.238 e. The van der Waals surface area contributed by atoms with Crippen LogP contribution in [0.1, 0.15) is 42.7 Å². The van der Waals surface area contributed by atoms with Crippen LogP contribution in [0.2, 0.25) is 0 Å². The summed E-state index contributed by atoms with van der Waals surface area (Å²) in [6, 6.07) is 5.32. The number of primary sulfonamides is 1. The van der Waals surface area contributed by atoms with Crippen molar-refractivity contribution in [3.05, 3.63) is 29.3 Å². The second kappa shape index (κ2) is 5.61. The van der Waals surface area contributed by atoms with Crippen LogP contribution in [0.25, 0.3) is 0 Å². The fourth-order valence-electron chi connectivity index (χ4n) is 2.90. The Morgan fingerprint density at radius 1 is 1.26 bits per heavy atom. The molecule has 1 aliphatic rings. The standard InChI is InChI=1S/C14H21NO3S/c1-10-2-7-14(19(15,17)18)13(8-10)12-5-3-11(9-16)4-6-12/h2,7-8,11-12,16H,3-6,9H2,1H3,(H2,15,17,18). The second-order valence-corrected chi connectivity index (χ2v) is 7.02. The van der Waals surface area contributed by atoms with Gasteiger partial charge in [0.2, 0.25) is 10.0 Å². The average molecular weight is 283 g/mol. The van der Waals surface area contributed by atoms with Gasteiger partial charge >= 0.3 is 0 Å². The molecular formula is C14H21NO3S. The summed E-state index contributed by atoms with van der Waals surface area (Å²) in [6.07, 6.45) is 3.72. The van der Waals surface area contributed by atoms with Gasteiger partial charge in [-0.05, 0) is 56.1 Å². The Labute approximate surface area is 114 Å². The van der Waals surface area contributed by atoms with Gasteiger partial charge in [-0.25, -0.2) is 13.6 Å². The van der Waals surface area contributed by atoms with Gasteiger partial charge in [-0.1, -0.05) is 17.7 Å². The highest BCUT2D eigenvalue weighted by Gasteiger charge is 2.26. The number of nitrogens with two attached hydrogens (primary N) is 1. The van der Waals surface area contributed by atoms with Crippen molar-refractivity contribution in [2.24, 2.45) is 11.1 Å². The van der Waals surface area contributed by atoms with Gasteiger partial charge in [0.15, 0.2) is 0 Å². The first-order valence-electron chi connectivity index (χ1n) is 6.66. The molecule has 0 bridgehead atoms. The summed E-state index contributed by atoms with van der Waals surface area (Å²) in [5.41, 5.74) is 1.89.